The molecule has 2 saturated heterocycles. The number of hydrogen-bond donors (Lipinski definition) is 1. The van der Waals surface area contributed by atoms with E-state index in [2.05, 4.69) is 0 Å². The lowest BCUT2D eigenvalue weighted by molar-refractivity contribution is -0.154. The fourth-order valence-corrected chi connectivity index (χ4v) is 6.64. The van der Waals surface area contributed by atoms with Gasteiger partial charge in [0.25, 0.3) is 5.91 Å². The minimum atomic E-state index is -1.27. The molecule has 0 saturated carbocycles. The molecule has 8 nitrogen and oxygen atoms in total. The summed E-state index contributed by atoms with van der Waals surface area (Å²) in [5.41, 5.74) is -0.523. The predicted molar refractivity (Wildman–Crippen MR) is 146 cm³/mol. The van der Waals surface area contributed by atoms with E-state index < -0.39 is 35.6 Å². The predicted octanol–water partition coefficient (Wildman–Crippen LogP) is 3.38. The van der Waals surface area contributed by atoms with Crippen LogP contribution >= 0.6 is 0 Å². The minimum absolute atomic E-state index is 0.0758. The van der Waals surface area contributed by atoms with Crippen molar-refractivity contribution in [2.45, 2.75) is 49.9 Å². The summed E-state index contributed by atoms with van der Waals surface area (Å²) in [4.78, 5) is 45.2. The number of benzene rings is 2. The Morgan fingerprint density at radius 3 is 2.67 bits per heavy atom. The Kier molecular flexibility index (Phi) is 6.99. The molecule has 6 rings (SSSR count). The molecule has 0 aromatic heterocycles. The maximum absolute atomic E-state index is 14.5. The number of esters is 1. The maximum atomic E-state index is 14.5. The van der Waals surface area contributed by atoms with Crippen LogP contribution in [0.2, 0.25) is 0 Å². The van der Waals surface area contributed by atoms with Gasteiger partial charge in [0.1, 0.15) is 17.6 Å². The van der Waals surface area contributed by atoms with Gasteiger partial charge in [-0.25, -0.2) is 0 Å². The smallest absolute Gasteiger partial charge is 0.312 e. The molecule has 1 spiro atoms. The Hall–Kier alpha value is -3.49. The molecule has 204 valence electrons. The number of allylic oxidation sites excluding steroid dienone is 1. The van der Waals surface area contributed by atoms with Gasteiger partial charge in [-0.15, -0.1) is 0 Å². The Bertz CT molecular complexity index is 1340. The number of fused-ring (bicyclic) bond motifs is 3. The van der Waals surface area contributed by atoms with Crippen LogP contribution in [-0.2, 0) is 23.9 Å². The number of aliphatic hydroxyl groups excluding tert-OH is 1. The van der Waals surface area contributed by atoms with E-state index in [1.54, 1.807) is 9.80 Å². The standard InChI is InChI=1S/C31H34N2O6/c34-18-7-2-6-16-33-27-29(36)32(23-14-13-21-10-4-5-11-22(21)20-23)17-9-15-31(27)26(28(33)35)25-24(39-31)12-3-1-8-19-38-30(25)37/h3-5,9-15,20,24-27,34H,1-2,6-8,16-19H2/b12-3-/t24-,25+,26-,27?,31-/m0/s1. The highest BCUT2D eigenvalue weighted by molar-refractivity contribution is 6.06. The summed E-state index contributed by atoms with van der Waals surface area (Å²) < 4.78 is 12.2. The molecule has 0 aliphatic carbocycles. The van der Waals surface area contributed by atoms with Crippen LogP contribution in [0.5, 0.6) is 0 Å². The van der Waals surface area contributed by atoms with Gasteiger partial charge in [-0.1, -0.05) is 54.6 Å². The van der Waals surface area contributed by atoms with Crippen molar-refractivity contribution in [1.29, 1.82) is 0 Å². The summed E-state index contributed by atoms with van der Waals surface area (Å²) in [6.07, 6.45) is 10.4. The molecule has 0 radical (unpaired) electrons. The molecule has 0 bridgehead atoms. The van der Waals surface area contributed by atoms with Crippen molar-refractivity contribution in [3.8, 4) is 0 Å². The lowest BCUT2D eigenvalue weighted by Crippen LogP contribution is -2.55. The fraction of sp³-hybridized carbons (Fsp3) is 0.452. The van der Waals surface area contributed by atoms with E-state index in [1.165, 1.54) is 0 Å². The van der Waals surface area contributed by atoms with E-state index in [9.17, 15) is 19.5 Å². The number of aliphatic hydroxyl groups is 1. The van der Waals surface area contributed by atoms with Gasteiger partial charge in [0.15, 0.2) is 0 Å². The molecule has 4 heterocycles. The number of anilines is 1. The number of likely N-dealkylation sites (tertiary alicyclic amines) is 1. The van der Waals surface area contributed by atoms with E-state index in [-0.39, 0.29) is 18.4 Å². The Morgan fingerprint density at radius 1 is 0.974 bits per heavy atom. The quantitative estimate of drug-likeness (QED) is 0.350. The van der Waals surface area contributed by atoms with Gasteiger partial charge in [0, 0.05) is 25.4 Å². The third kappa shape index (κ3) is 4.36. The number of hydrogen-bond acceptors (Lipinski definition) is 6. The van der Waals surface area contributed by atoms with Crippen molar-refractivity contribution in [3.05, 3.63) is 66.8 Å². The van der Waals surface area contributed by atoms with Gasteiger partial charge in [0.05, 0.1) is 18.6 Å². The Labute approximate surface area is 227 Å². The lowest BCUT2D eigenvalue weighted by Gasteiger charge is -2.35. The molecular formula is C31H34N2O6. The molecule has 1 N–H and O–H groups in total. The number of nitrogens with zero attached hydrogens (tertiary/aromatic N) is 2. The highest BCUT2D eigenvalue weighted by Crippen LogP contribution is 2.53. The molecule has 4 aliphatic heterocycles. The van der Waals surface area contributed by atoms with Gasteiger partial charge in [-0.2, -0.15) is 0 Å². The molecule has 2 aromatic carbocycles. The number of ether oxygens (including phenoxy) is 2. The van der Waals surface area contributed by atoms with Crippen molar-refractivity contribution in [2.24, 2.45) is 11.8 Å². The summed E-state index contributed by atoms with van der Waals surface area (Å²) in [6.45, 7) is 1.04. The summed E-state index contributed by atoms with van der Waals surface area (Å²) in [6, 6.07) is 13.0. The van der Waals surface area contributed by atoms with Crippen molar-refractivity contribution < 1.29 is 29.0 Å². The van der Waals surface area contributed by atoms with Gasteiger partial charge >= 0.3 is 5.97 Å². The van der Waals surface area contributed by atoms with Crippen LogP contribution in [0.3, 0.4) is 0 Å². The number of rotatable bonds is 6. The second-order valence-corrected chi connectivity index (χ2v) is 10.8. The van der Waals surface area contributed by atoms with Crippen molar-refractivity contribution in [3.63, 3.8) is 0 Å². The SMILES string of the molecule is O=C1OCCC/C=C\[C@@H]2O[C@]34C=CCN(c5ccc6ccccc6c5)C(=O)C3N(CCCCCO)C(=O)[C@@H]4[C@H]12. The molecule has 2 amide bonds. The van der Waals surface area contributed by atoms with Crippen molar-refractivity contribution in [1.82, 2.24) is 4.90 Å². The molecule has 39 heavy (non-hydrogen) atoms. The third-order valence-electron chi connectivity index (χ3n) is 8.45. The molecule has 2 aromatic rings. The van der Waals surface area contributed by atoms with E-state index in [4.69, 9.17) is 9.47 Å². The highest BCUT2D eigenvalue weighted by Gasteiger charge is 2.71. The maximum Gasteiger partial charge on any atom is 0.312 e. The van der Waals surface area contributed by atoms with E-state index in [1.807, 2.05) is 66.8 Å². The number of cyclic esters (lactones) is 1. The highest BCUT2D eigenvalue weighted by atomic mass is 16.6. The zero-order valence-electron chi connectivity index (χ0n) is 21.9. The molecule has 5 atom stereocenters. The second kappa shape index (κ2) is 10.6. The van der Waals surface area contributed by atoms with Gasteiger partial charge in [0.2, 0.25) is 5.91 Å². The third-order valence-corrected chi connectivity index (χ3v) is 8.45. The Balaban J connectivity index is 1.41. The first-order valence-electron chi connectivity index (χ1n) is 14.0. The first kappa shape index (κ1) is 25.8. The average molecular weight is 531 g/mol. The molecule has 4 aliphatic rings. The average Bonchev–Trinajstić information content (AvgIpc) is 3.35. The minimum Gasteiger partial charge on any atom is -0.465 e. The zero-order valence-corrected chi connectivity index (χ0v) is 21.9. The van der Waals surface area contributed by atoms with Gasteiger partial charge in [-0.05, 0) is 55.0 Å². The monoisotopic (exact) mass is 530 g/mol. The van der Waals surface area contributed by atoms with Crippen LogP contribution in [-0.4, -0.2) is 71.8 Å². The summed E-state index contributed by atoms with van der Waals surface area (Å²) in [5, 5.41) is 11.3. The summed E-state index contributed by atoms with van der Waals surface area (Å²) in [5.74, 6) is -2.59. The topological polar surface area (TPSA) is 96.4 Å². The molecule has 1 unspecified atom stereocenters. The normalized spacial score (nSPS) is 31.2. The first-order chi connectivity index (χ1) is 19.0. The molecule has 2 fully saturated rings. The second-order valence-electron chi connectivity index (χ2n) is 10.8. The van der Waals surface area contributed by atoms with Crippen LogP contribution < -0.4 is 4.90 Å². The number of carbonyl (C=O) groups excluding carboxylic acids is 3. The van der Waals surface area contributed by atoms with Gasteiger partial charge < -0.3 is 24.4 Å². The van der Waals surface area contributed by atoms with Crippen LogP contribution in [0.4, 0.5) is 5.69 Å². The van der Waals surface area contributed by atoms with Gasteiger partial charge in [-0.3, -0.25) is 14.4 Å². The number of unbranched alkanes of at least 4 members (excludes halogenated alkanes) is 2. The first-order valence-corrected chi connectivity index (χ1v) is 14.0. The zero-order chi connectivity index (χ0) is 27.0. The summed E-state index contributed by atoms with van der Waals surface area (Å²) >= 11 is 0. The fourth-order valence-electron chi connectivity index (χ4n) is 6.64. The van der Waals surface area contributed by atoms with Crippen LogP contribution in [0.25, 0.3) is 10.8 Å². The number of carbonyl (C=O) groups is 3. The molecule has 8 heteroatoms. The van der Waals surface area contributed by atoms with E-state index in [0.717, 1.165) is 29.3 Å². The van der Waals surface area contributed by atoms with Crippen molar-refractivity contribution >= 4 is 34.2 Å². The van der Waals surface area contributed by atoms with Crippen LogP contribution in [0, 0.1) is 11.8 Å². The largest absolute Gasteiger partial charge is 0.465 e. The number of amides is 2. The van der Waals surface area contributed by atoms with E-state index >= 15 is 0 Å². The lowest BCUT2D eigenvalue weighted by atomic mass is 9.78. The van der Waals surface area contributed by atoms with E-state index in [0.29, 0.717) is 39.0 Å². The van der Waals surface area contributed by atoms with Crippen LogP contribution in [0.1, 0.15) is 32.1 Å². The van der Waals surface area contributed by atoms with Crippen LogP contribution in [0.15, 0.2) is 66.8 Å². The summed E-state index contributed by atoms with van der Waals surface area (Å²) in [7, 11) is 0. The Morgan fingerprint density at radius 2 is 1.82 bits per heavy atom. The van der Waals surface area contributed by atoms with Crippen molar-refractivity contribution in [2.75, 3.05) is 31.2 Å². The molecular weight excluding hydrogens is 496 g/mol.